The van der Waals surface area contributed by atoms with E-state index < -0.39 is 5.82 Å². The maximum absolute atomic E-state index is 14.4. The Morgan fingerprint density at radius 3 is 2.73 bits per heavy atom. The number of nitrogens with one attached hydrogen (secondary N) is 1. The van der Waals surface area contributed by atoms with Crippen LogP contribution in [0.15, 0.2) is 47.2 Å². The zero-order valence-electron chi connectivity index (χ0n) is 25.3. The number of likely N-dealkylation sites (tertiary alicyclic amines) is 1. The van der Waals surface area contributed by atoms with E-state index >= 15 is 0 Å². The molecule has 0 aliphatic carbocycles. The third-order valence-corrected chi connectivity index (χ3v) is 10.1. The van der Waals surface area contributed by atoms with Crippen molar-refractivity contribution in [1.82, 2.24) is 24.3 Å². The molecular weight excluding hydrogens is 579 g/mol. The van der Waals surface area contributed by atoms with Gasteiger partial charge >= 0.3 is 0 Å². The molecule has 2 aromatic heterocycles. The molecule has 0 radical (unpaired) electrons. The molecule has 3 fully saturated rings. The van der Waals surface area contributed by atoms with Crippen molar-refractivity contribution in [2.45, 2.75) is 32.5 Å². The Morgan fingerprint density at radius 2 is 1.93 bits per heavy atom. The van der Waals surface area contributed by atoms with Crippen LogP contribution in [0.5, 0.6) is 0 Å². The van der Waals surface area contributed by atoms with Crippen molar-refractivity contribution in [2.75, 3.05) is 69.6 Å². The minimum atomic E-state index is -0.441. The van der Waals surface area contributed by atoms with Crippen molar-refractivity contribution in [3.8, 4) is 6.07 Å². The van der Waals surface area contributed by atoms with Crippen molar-refractivity contribution in [1.29, 1.82) is 5.26 Å². The minimum Gasteiger partial charge on any atom is -0.425 e. The molecule has 3 aliphatic heterocycles. The second kappa shape index (κ2) is 12.1. The fourth-order valence-electron chi connectivity index (χ4n) is 7.24. The average molecular weight is 617 g/mol. The first-order chi connectivity index (χ1) is 21.4. The van der Waals surface area contributed by atoms with Gasteiger partial charge in [0.15, 0.2) is 12.2 Å². The lowest BCUT2D eigenvalue weighted by Crippen LogP contribution is -2.45. The number of hydrogen-bond donors (Lipinski definition) is 1. The van der Waals surface area contributed by atoms with E-state index in [9.17, 15) is 9.65 Å². The zero-order valence-corrected chi connectivity index (χ0v) is 26.0. The Hall–Kier alpha value is -3.62. The third kappa shape index (κ3) is 5.54. The van der Waals surface area contributed by atoms with Gasteiger partial charge in [0.2, 0.25) is 5.88 Å². The van der Waals surface area contributed by atoms with Gasteiger partial charge in [-0.2, -0.15) is 10.2 Å². The second-order valence-corrected chi connectivity index (χ2v) is 12.9. The number of rotatable bonds is 8. The Morgan fingerprint density at radius 1 is 1.09 bits per heavy atom. The number of benzene rings is 2. The average Bonchev–Trinajstić information content (AvgIpc) is 3.80. The number of aromatic nitrogens is 2. The SMILES string of the molecule is Cc1c(CN2CCC3CN(c4ncoc4Nc4ccc(Cl)cc4F)CC32)ccc2c1cc(C#N)n2CCN1CCN(C)CC1. The number of nitriles is 1. The summed E-state index contributed by atoms with van der Waals surface area (Å²) in [7, 11) is 2.17. The lowest BCUT2D eigenvalue weighted by Gasteiger charge is -2.32. The molecule has 2 atom stereocenters. The molecule has 2 unspecified atom stereocenters. The monoisotopic (exact) mass is 616 g/mol. The zero-order chi connectivity index (χ0) is 30.4. The van der Waals surface area contributed by atoms with Crippen LogP contribution in [-0.2, 0) is 13.1 Å². The predicted octanol–water partition coefficient (Wildman–Crippen LogP) is 5.30. The van der Waals surface area contributed by atoms with Gasteiger partial charge in [-0.15, -0.1) is 0 Å². The molecular formula is C33H38ClFN8O. The molecule has 0 bridgehead atoms. The standard InChI is InChI=1S/C33H38ClFN8O/c1-22-23(3-6-30-27(22)16-26(17-36)43(30)14-13-40-11-9-39(2)10-12-40)18-41-8-7-24-19-42(20-31(24)41)32-33(44-21-37-32)38-29-5-4-25(34)15-28(29)35/h3-6,15-16,21,24,31,38H,7-14,18-20H2,1-2H3. The summed E-state index contributed by atoms with van der Waals surface area (Å²) in [4.78, 5) is 14.2. The molecule has 0 amide bonds. The first-order valence-corrected chi connectivity index (χ1v) is 15.8. The number of nitrogens with zero attached hydrogens (tertiary/aromatic N) is 7. The van der Waals surface area contributed by atoms with Crippen molar-refractivity contribution in [3.05, 3.63) is 70.5 Å². The molecule has 0 saturated carbocycles. The van der Waals surface area contributed by atoms with Gasteiger partial charge in [0.1, 0.15) is 17.6 Å². The quantitative estimate of drug-likeness (QED) is 0.286. The van der Waals surface area contributed by atoms with Gasteiger partial charge in [-0.05, 0) is 74.3 Å². The fraction of sp³-hybridized carbons (Fsp3) is 0.455. The first-order valence-electron chi connectivity index (χ1n) is 15.4. The summed E-state index contributed by atoms with van der Waals surface area (Å²) in [5.41, 5.74) is 4.74. The van der Waals surface area contributed by atoms with Gasteiger partial charge in [0, 0.05) is 80.9 Å². The molecule has 1 N–H and O–H groups in total. The second-order valence-electron chi connectivity index (χ2n) is 12.5. The van der Waals surface area contributed by atoms with Crippen molar-refractivity contribution in [3.63, 3.8) is 0 Å². The maximum Gasteiger partial charge on any atom is 0.242 e. The van der Waals surface area contributed by atoms with Crippen LogP contribution in [0.4, 0.5) is 21.8 Å². The number of fused-ring (bicyclic) bond motifs is 2. The van der Waals surface area contributed by atoms with E-state index in [4.69, 9.17) is 16.0 Å². The molecule has 44 heavy (non-hydrogen) atoms. The molecule has 230 valence electrons. The lowest BCUT2D eigenvalue weighted by atomic mass is 10.0. The number of oxazole rings is 1. The number of piperazine rings is 1. The Bertz CT molecular complexity index is 1700. The molecule has 3 saturated heterocycles. The van der Waals surface area contributed by atoms with E-state index in [2.05, 4.69) is 72.7 Å². The molecule has 3 aliphatic rings. The van der Waals surface area contributed by atoms with Crippen molar-refractivity contribution >= 4 is 39.9 Å². The molecule has 5 heterocycles. The highest BCUT2D eigenvalue weighted by Gasteiger charge is 2.42. The van der Waals surface area contributed by atoms with Gasteiger partial charge in [-0.3, -0.25) is 9.80 Å². The topological polar surface area (TPSA) is 79.7 Å². The molecule has 0 spiro atoms. The van der Waals surface area contributed by atoms with E-state index in [1.165, 1.54) is 29.0 Å². The summed E-state index contributed by atoms with van der Waals surface area (Å²) in [5.74, 6) is 1.22. The number of anilines is 3. The summed E-state index contributed by atoms with van der Waals surface area (Å²) in [6, 6.07) is 13.9. The number of halogens is 2. The van der Waals surface area contributed by atoms with Gasteiger partial charge in [-0.25, -0.2) is 4.39 Å². The minimum absolute atomic E-state index is 0.298. The van der Waals surface area contributed by atoms with Gasteiger partial charge in [0.05, 0.1) is 5.69 Å². The molecule has 11 heteroatoms. The van der Waals surface area contributed by atoms with E-state index in [-0.39, 0.29) is 0 Å². The summed E-state index contributed by atoms with van der Waals surface area (Å²) < 4.78 is 22.3. The number of hydrogen-bond acceptors (Lipinski definition) is 8. The van der Waals surface area contributed by atoms with E-state index in [1.54, 1.807) is 12.1 Å². The number of likely N-dealkylation sites (N-methyl/N-ethyl adjacent to an activating group) is 1. The van der Waals surface area contributed by atoms with Crippen LogP contribution < -0.4 is 10.2 Å². The van der Waals surface area contributed by atoms with Crippen molar-refractivity contribution in [2.24, 2.45) is 5.92 Å². The van der Waals surface area contributed by atoms with E-state index in [0.717, 1.165) is 83.1 Å². The van der Waals surface area contributed by atoms with Crippen LogP contribution in [0, 0.1) is 30.0 Å². The Kier molecular flexibility index (Phi) is 7.97. The Balaban J connectivity index is 1.04. The van der Waals surface area contributed by atoms with Gasteiger partial charge in [0.25, 0.3) is 0 Å². The summed E-state index contributed by atoms with van der Waals surface area (Å²) in [6.45, 7) is 11.9. The van der Waals surface area contributed by atoms with Crippen LogP contribution in [-0.4, -0.2) is 89.7 Å². The Labute approximate surface area is 262 Å². The highest BCUT2D eigenvalue weighted by Crippen LogP contribution is 2.39. The van der Waals surface area contributed by atoms with Crippen molar-refractivity contribution < 1.29 is 8.81 Å². The molecule has 4 aromatic rings. The smallest absolute Gasteiger partial charge is 0.242 e. The first kappa shape index (κ1) is 29.1. The van der Waals surface area contributed by atoms with Gasteiger partial charge < -0.3 is 24.1 Å². The summed E-state index contributed by atoms with van der Waals surface area (Å²) >= 11 is 5.92. The molecule has 7 rings (SSSR count). The normalized spacial score (nSPS) is 21.3. The fourth-order valence-corrected chi connectivity index (χ4v) is 7.40. The maximum atomic E-state index is 14.4. The van der Waals surface area contributed by atoms with Crippen LogP contribution in [0.1, 0.15) is 23.2 Å². The highest BCUT2D eigenvalue weighted by molar-refractivity contribution is 6.30. The summed E-state index contributed by atoms with van der Waals surface area (Å²) in [6.07, 6.45) is 2.53. The predicted molar refractivity (Wildman–Crippen MR) is 171 cm³/mol. The van der Waals surface area contributed by atoms with Crippen LogP contribution in [0.3, 0.4) is 0 Å². The van der Waals surface area contributed by atoms with Crippen LogP contribution in [0.2, 0.25) is 5.02 Å². The van der Waals surface area contributed by atoms with E-state index in [1.807, 2.05) is 0 Å². The summed E-state index contributed by atoms with van der Waals surface area (Å²) in [5, 5.41) is 14.5. The lowest BCUT2D eigenvalue weighted by molar-refractivity contribution is 0.150. The largest absolute Gasteiger partial charge is 0.425 e. The molecule has 2 aromatic carbocycles. The third-order valence-electron chi connectivity index (χ3n) is 9.88. The number of aryl methyl sites for hydroxylation is 1. The molecule has 9 nitrogen and oxygen atoms in total. The van der Waals surface area contributed by atoms with Crippen LogP contribution in [0.25, 0.3) is 10.9 Å². The van der Waals surface area contributed by atoms with Gasteiger partial charge in [-0.1, -0.05) is 17.7 Å². The highest BCUT2D eigenvalue weighted by atomic mass is 35.5. The van der Waals surface area contributed by atoms with E-state index in [0.29, 0.717) is 34.4 Å². The van der Waals surface area contributed by atoms with Crippen LogP contribution >= 0.6 is 11.6 Å².